The molecule has 0 aliphatic heterocycles. The summed E-state index contributed by atoms with van der Waals surface area (Å²) in [5.74, 6) is -1.14. The van der Waals surface area contributed by atoms with Gasteiger partial charge >= 0.3 is 5.76 Å². The largest absolute Gasteiger partial charge is 0.417 e. The lowest BCUT2D eigenvalue weighted by atomic mass is 10.0. The molecule has 9 heteroatoms. The Hall–Kier alpha value is -5.39. The molecule has 0 radical (unpaired) electrons. The van der Waals surface area contributed by atoms with Gasteiger partial charge in [0.25, 0.3) is 5.91 Å². The van der Waals surface area contributed by atoms with Gasteiger partial charge in [0.05, 0.1) is 22.7 Å². The van der Waals surface area contributed by atoms with Crippen molar-refractivity contribution in [1.29, 1.82) is 5.26 Å². The van der Waals surface area contributed by atoms with Crippen LogP contribution in [0, 0.1) is 17.1 Å². The van der Waals surface area contributed by atoms with Crippen molar-refractivity contribution in [2.75, 3.05) is 0 Å². The minimum Gasteiger partial charge on any atom is -0.408 e. The standard InChI is InChI=1S/C33H22ClFN4O3/c34-26-7-10-28-25(19-39(30(28)15-26)18-20-4-8-27(35)9-5-20)14-24(16-36)22-2-1-3-23(13-22)32(40)37-17-21-6-11-31-29(12-21)38-33(41)42-31/h1-15,19H,17-18H2,(H,37,40)(H,38,41)/b24-14+. The Morgan fingerprint density at radius 3 is 2.62 bits per heavy atom. The Kier molecular flexibility index (Phi) is 7.17. The van der Waals surface area contributed by atoms with Crippen LogP contribution >= 0.6 is 11.6 Å². The summed E-state index contributed by atoms with van der Waals surface area (Å²) in [6.07, 6.45) is 3.72. The maximum Gasteiger partial charge on any atom is 0.417 e. The highest BCUT2D eigenvalue weighted by atomic mass is 35.5. The van der Waals surface area contributed by atoms with E-state index in [1.165, 1.54) is 12.1 Å². The maximum absolute atomic E-state index is 13.4. The number of H-pyrrole nitrogens is 1. The molecule has 6 aromatic rings. The number of aromatic nitrogens is 2. The zero-order valence-electron chi connectivity index (χ0n) is 22.0. The molecule has 0 aliphatic carbocycles. The van der Waals surface area contributed by atoms with Gasteiger partial charge in [-0.05, 0) is 71.3 Å². The number of carbonyl (C=O) groups is 1. The minimum absolute atomic E-state index is 0.239. The molecule has 7 nitrogen and oxygen atoms in total. The van der Waals surface area contributed by atoms with Crippen LogP contribution in [0.15, 0.2) is 100 Å². The number of oxazole rings is 1. The first-order valence-electron chi connectivity index (χ1n) is 13.0. The monoisotopic (exact) mass is 576 g/mol. The number of allylic oxidation sites excluding steroid dienone is 1. The summed E-state index contributed by atoms with van der Waals surface area (Å²) < 4.78 is 20.5. The molecule has 4 aromatic carbocycles. The number of rotatable bonds is 7. The number of nitriles is 1. The van der Waals surface area contributed by atoms with Gasteiger partial charge in [0.1, 0.15) is 5.82 Å². The maximum atomic E-state index is 13.4. The Balaban J connectivity index is 1.26. The van der Waals surface area contributed by atoms with Crippen LogP contribution in [-0.4, -0.2) is 15.5 Å². The van der Waals surface area contributed by atoms with Crippen molar-refractivity contribution in [3.63, 3.8) is 0 Å². The third-order valence-electron chi connectivity index (χ3n) is 6.93. The first-order valence-corrected chi connectivity index (χ1v) is 13.4. The topological polar surface area (TPSA) is 104 Å². The van der Waals surface area contributed by atoms with Crippen LogP contribution < -0.4 is 11.1 Å². The van der Waals surface area contributed by atoms with E-state index < -0.39 is 5.76 Å². The highest BCUT2D eigenvalue weighted by Gasteiger charge is 2.13. The predicted molar refractivity (Wildman–Crippen MR) is 160 cm³/mol. The van der Waals surface area contributed by atoms with Crippen LogP contribution in [0.25, 0.3) is 33.7 Å². The van der Waals surface area contributed by atoms with E-state index in [-0.39, 0.29) is 18.3 Å². The second kappa shape index (κ2) is 11.2. The summed E-state index contributed by atoms with van der Waals surface area (Å²) >= 11 is 6.30. The predicted octanol–water partition coefficient (Wildman–Crippen LogP) is 6.91. The van der Waals surface area contributed by atoms with E-state index in [4.69, 9.17) is 16.0 Å². The van der Waals surface area contributed by atoms with E-state index in [0.717, 1.165) is 27.6 Å². The number of hydrogen-bond acceptors (Lipinski definition) is 4. The van der Waals surface area contributed by atoms with Crippen molar-refractivity contribution in [1.82, 2.24) is 14.9 Å². The molecule has 2 aromatic heterocycles. The summed E-state index contributed by atoms with van der Waals surface area (Å²) in [5, 5.41) is 14.4. The molecule has 206 valence electrons. The molecular weight excluding hydrogens is 555 g/mol. The number of nitrogens with zero attached hydrogens (tertiary/aromatic N) is 2. The van der Waals surface area contributed by atoms with Gasteiger partial charge in [-0.1, -0.05) is 48.0 Å². The van der Waals surface area contributed by atoms with Crippen LogP contribution in [0.3, 0.4) is 0 Å². The van der Waals surface area contributed by atoms with Crippen LogP contribution in [0.5, 0.6) is 0 Å². The number of nitrogens with one attached hydrogen (secondary N) is 2. The molecule has 0 spiro atoms. The highest BCUT2D eigenvalue weighted by molar-refractivity contribution is 6.31. The summed E-state index contributed by atoms with van der Waals surface area (Å²) in [6, 6.07) is 26.2. The molecule has 0 bridgehead atoms. The van der Waals surface area contributed by atoms with Gasteiger partial charge in [0.15, 0.2) is 5.58 Å². The van der Waals surface area contributed by atoms with Crippen molar-refractivity contribution in [3.8, 4) is 6.07 Å². The molecular formula is C33H22ClFN4O3. The lowest BCUT2D eigenvalue weighted by Gasteiger charge is -2.07. The summed E-state index contributed by atoms with van der Waals surface area (Å²) in [5.41, 5.74) is 5.77. The fourth-order valence-corrected chi connectivity index (χ4v) is 5.05. The summed E-state index contributed by atoms with van der Waals surface area (Å²) in [7, 11) is 0. The van der Waals surface area contributed by atoms with Crippen LogP contribution in [0.1, 0.15) is 32.6 Å². The van der Waals surface area contributed by atoms with E-state index in [1.54, 1.807) is 66.7 Å². The zero-order chi connectivity index (χ0) is 29.2. The van der Waals surface area contributed by atoms with Gasteiger partial charge in [-0.3, -0.25) is 9.78 Å². The van der Waals surface area contributed by atoms with Crippen LogP contribution in [-0.2, 0) is 13.1 Å². The van der Waals surface area contributed by atoms with E-state index in [2.05, 4.69) is 16.4 Å². The Morgan fingerprint density at radius 2 is 1.81 bits per heavy atom. The molecule has 6 rings (SSSR count). The van der Waals surface area contributed by atoms with E-state index in [1.807, 2.05) is 22.9 Å². The second-order valence-electron chi connectivity index (χ2n) is 9.78. The molecule has 0 aliphatic rings. The van der Waals surface area contributed by atoms with Gasteiger partial charge in [0.2, 0.25) is 0 Å². The molecule has 2 heterocycles. The number of hydrogen-bond donors (Lipinski definition) is 2. The van der Waals surface area contributed by atoms with Gasteiger partial charge in [0, 0.05) is 40.8 Å². The van der Waals surface area contributed by atoms with Gasteiger partial charge < -0.3 is 14.3 Å². The highest BCUT2D eigenvalue weighted by Crippen LogP contribution is 2.29. The van der Waals surface area contributed by atoms with Crippen LogP contribution in [0.2, 0.25) is 5.02 Å². The van der Waals surface area contributed by atoms with Crippen LogP contribution in [0.4, 0.5) is 4.39 Å². The Bertz CT molecular complexity index is 2100. The van der Waals surface area contributed by atoms with Crippen molar-refractivity contribution < 1.29 is 13.6 Å². The van der Waals surface area contributed by atoms with E-state index in [9.17, 15) is 19.2 Å². The van der Waals surface area contributed by atoms with Crippen molar-refractivity contribution in [2.24, 2.45) is 0 Å². The molecule has 42 heavy (non-hydrogen) atoms. The van der Waals surface area contributed by atoms with Gasteiger partial charge in [-0.25, -0.2) is 9.18 Å². The average Bonchev–Trinajstić information content (AvgIpc) is 3.53. The fraction of sp³-hybridized carbons (Fsp3) is 0.0606. The molecule has 1 amide bonds. The van der Waals surface area contributed by atoms with Crippen molar-refractivity contribution >= 4 is 51.2 Å². The Morgan fingerprint density at radius 1 is 1.02 bits per heavy atom. The summed E-state index contributed by atoms with van der Waals surface area (Å²) in [4.78, 5) is 27.0. The average molecular weight is 577 g/mol. The van der Waals surface area contributed by atoms with Gasteiger partial charge in [-0.15, -0.1) is 0 Å². The number of aromatic amines is 1. The van der Waals surface area contributed by atoms with Crippen molar-refractivity contribution in [2.45, 2.75) is 13.1 Å². The molecule has 0 atom stereocenters. The fourth-order valence-electron chi connectivity index (χ4n) is 4.88. The number of fused-ring (bicyclic) bond motifs is 2. The summed E-state index contributed by atoms with van der Waals surface area (Å²) in [6.45, 7) is 0.732. The zero-order valence-corrected chi connectivity index (χ0v) is 22.8. The quantitative estimate of drug-likeness (QED) is 0.201. The molecule has 0 fully saturated rings. The number of amides is 1. The lowest BCUT2D eigenvalue weighted by molar-refractivity contribution is 0.0951. The molecule has 0 saturated heterocycles. The lowest BCUT2D eigenvalue weighted by Crippen LogP contribution is -2.22. The normalized spacial score (nSPS) is 11.6. The Labute approximate surface area is 244 Å². The minimum atomic E-state index is -0.536. The molecule has 0 unspecified atom stereocenters. The first-order chi connectivity index (χ1) is 20.4. The number of halogens is 2. The SMILES string of the molecule is N#C/C(=C\c1cn(Cc2ccc(F)cc2)c2cc(Cl)ccc12)c1cccc(C(=O)NCc2ccc3oc(=O)[nH]c3c2)c1. The smallest absolute Gasteiger partial charge is 0.408 e. The number of carbonyl (C=O) groups excluding carboxylic acids is 1. The third-order valence-corrected chi connectivity index (χ3v) is 7.17. The number of benzene rings is 4. The van der Waals surface area contributed by atoms with E-state index >= 15 is 0 Å². The van der Waals surface area contributed by atoms with Crippen molar-refractivity contribution in [3.05, 3.63) is 140 Å². The van der Waals surface area contributed by atoms with Gasteiger partial charge in [-0.2, -0.15) is 5.26 Å². The van der Waals surface area contributed by atoms with E-state index in [0.29, 0.717) is 39.4 Å². The third kappa shape index (κ3) is 5.59. The first kappa shape index (κ1) is 26.8. The molecule has 0 saturated carbocycles. The second-order valence-corrected chi connectivity index (χ2v) is 10.2. The molecule has 2 N–H and O–H groups in total.